The Balaban J connectivity index is 2.60. The Morgan fingerprint density at radius 3 is 2.53 bits per heavy atom. The Hall–Kier alpha value is -2.37. The van der Waals surface area contributed by atoms with E-state index in [-0.39, 0.29) is 22.8 Å². The van der Waals surface area contributed by atoms with E-state index in [1.165, 1.54) is 12.1 Å². The first-order valence-corrected chi connectivity index (χ1v) is 4.62. The van der Waals surface area contributed by atoms with Gasteiger partial charge in [0.15, 0.2) is 24.2 Å². The van der Waals surface area contributed by atoms with Crippen LogP contribution >= 0.6 is 0 Å². The number of halogens is 2. The molecule has 0 aliphatic carbocycles. The molecule has 0 saturated heterocycles. The molecule has 1 aromatic heterocycles. The summed E-state index contributed by atoms with van der Waals surface area (Å²) in [6, 6.07) is 3.56. The number of nitrogens with one attached hydrogen (secondary N) is 1. The summed E-state index contributed by atoms with van der Waals surface area (Å²) in [6.07, 6.45) is 0.748. The lowest BCUT2D eigenvalue weighted by Gasteiger charge is -1.99. The van der Waals surface area contributed by atoms with Crippen molar-refractivity contribution in [3.63, 3.8) is 0 Å². The number of carbonyl (C=O) groups is 2. The minimum absolute atomic E-state index is 0.0637. The van der Waals surface area contributed by atoms with Gasteiger partial charge in [0.1, 0.15) is 17.2 Å². The number of nitrogens with zero attached hydrogens (tertiary/aromatic N) is 1. The van der Waals surface area contributed by atoms with Crippen LogP contribution in [0.3, 0.4) is 0 Å². The van der Waals surface area contributed by atoms with Crippen LogP contribution in [0.1, 0.15) is 21.0 Å². The van der Waals surface area contributed by atoms with Gasteiger partial charge in [0, 0.05) is 0 Å². The Labute approximate surface area is 94.3 Å². The Morgan fingerprint density at radius 1 is 1.18 bits per heavy atom. The van der Waals surface area contributed by atoms with E-state index in [9.17, 15) is 18.4 Å². The number of hydrogen-bond donors (Lipinski definition) is 1. The van der Waals surface area contributed by atoms with Crippen LogP contribution in [0.25, 0.3) is 11.4 Å². The van der Waals surface area contributed by atoms with Crippen molar-refractivity contribution < 1.29 is 18.4 Å². The van der Waals surface area contributed by atoms with Gasteiger partial charge >= 0.3 is 0 Å². The van der Waals surface area contributed by atoms with Gasteiger partial charge in [0.25, 0.3) is 0 Å². The molecule has 0 saturated carbocycles. The molecule has 0 atom stereocenters. The summed E-state index contributed by atoms with van der Waals surface area (Å²) < 4.78 is 26.4. The van der Waals surface area contributed by atoms with E-state index in [4.69, 9.17) is 0 Å². The van der Waals surface area contributed by atoms with Crippen molar-refractivity contribution in [2.24, 2.45) is 0 Å². The molecule has 0 amide bonds. The van der Waals surface area contributed by atoms with Gasteiger partial charge in [-0.15, -0.1) is 0 Å². The number of rotatable bonds is 3. The van der Waals surface area contributed by atoms with Gasteiger partial charge in [-0.1, -0.05) is 6.07 Å². The number of hydrogen-bond acceptors (Lipinski definition) is 3. The van der Waals surface area contributed by atoms with Gasteiger partial charge in [0.05, 0.1) is 5.56 Å². The highest BCUT2D eigenvalue weighted by Gasteiger charge is 2.15. The normalized spacial score (nSPS) is 10.2. The first-order chi connectivity index (χ1) is 8.17. The topological polar surface area (TPSA) is 62.8 Å². The second kappa shape index (κ2) is 4.25. The lowest BCUT2D eigenvalue weighted by atomic mass is 10.2. The summed E-state index contributed by atoms with van der Waals surface area (Å²) in [5.41, 5.74) is -0.349. The van der Waals surface area contributed by atoms with Gasteiger partial charge in [-0.25, -0.2) is 13.8 Å². The Bertz CT molecular complexity index is 568. The fourth-order valence-corrected chi connectivity index (χ4v) is 1.39. The first kappa shape index (κ1) is 11.1. The lowest BCUT2D eigenvalue weighted by Crippen LogP contribution is -1.90. The molecular formula is C11H6F2N2O2. The quantitative estimate of drug-likeness (QED) is 0.829. The molecular weight excluding hydrogens is 230 g/mol. The van der Waals surface area contributed by atoms with Crippen molar-refractivity contribution in [3.05, 3.63) is 41.2 Å². The molecule has 1 N–H and O–H groups in total. The monoisotopic (exact) mass is 236 g/mol. The standard InChI is InChI=1S/C11H6F2N2O2/c12-7-3-1-2-6(10(7)13)11-14-8(4-16)9(5-17)15-11/h1-5H,(H,14,15). The van der Waals surface area contributed by atoms with E-state index < -0.39 is 11.6 Å². The highest BCUT2D eigenvalue weighted by molar-refractivity contribution is 5.88. The van der Waals surface area contributed by atoms with Crippen LogP contribution in [0.4, 0.5) is 8.78 Å². The van der Waals surface area contributed by atoms with Crippen LogP contribution in [-0.4, -0.2) is 22.5 Å². The fraction of sp³-hybridized carbons (Fsp3) is 0. The lowest BCUT2D eigenvalue weighted by molar-refractivity contribution is 0.109. The van der Waals surface area contributed by atoms with Crippen LogP contribution in [0.5, 0.6) is 0 Å². The Morgan fingerprint density at radius 2 is 1.94 bits per heavy atom. The highest BCUT2D eigenvalue weighted by Crippen LogP contribution is 2.22. The molecule has 17 heavy (non-hydrogen) atoms. The molecule has 86 valence electrons. The van der Waals surface area contributed by atoms with Crippen LogP contribution < -0.4 is 0 Å². The molecule has 0 spiro atoms. The number of benzene rings is 1. The van der Waals surface area contributed by atoms with Crippen molar-refractivity contribution in [3.8, 4) is 11.4 Å². The molecule has 0 bridgehead atoms. The third-order valence-electron chi connectivity index (χ3n) is 2.20. The second-order valence-corrected chi connectivity index (χ2v) is 3.22. The smallest absolute Gasteiger partial charge is 0.170 e. The molecule has 0 unspecified atom stereocenters. The third kappa shape index (κ3) is 1.84. The van der Waals surface area contributed by atoms with Gasteiger partial charge < -0.3 is 4.98 Å². The average molecular weight is 236 g/mol. The van der Waals surface area contributed by atoms with Crippen molar-refractivity contribution in [1.82, 2.24) is 9.97 Å². The van der Waals surface area contributed by atoms with Gasteiger partial charge in [-0.2, -0.15) is 0 Å². The summed E-state index contributed by atoms with van der Waals surface area (Å²) >= 11 is 0. The van der Waals surface area contributed by atoms with Crippen LogP contribution in [0, 0.1) is 11.6 Å². The number of aromatic amines is 1. The zero-order valence-electron chi connectivity index (χ0n) is 8.41. The average Bonchev–Trinajstić information content (AvgIpc) is 2.75. The van der Waals surface area contributed by atoms with E-state index in [0.29, 0.717) is 12.6 Å². The van der Waals surface area contributed by atoms with Crippen LogP contribution in [0.2, 0.25) is 0 Å². The number of aldehydes is 2. The molecule has 4 nitrogen and oxygen atoms in total. The predicted octanol–water partition coefficient (Wildman–Crippen LogP) is 1.98. The summed E-state index contributed by atoms with van der Waals surface area (Å²) in [5, 5.41) is 0. The molecule has 0 fully saturated rings. The summed E-state index contributed by atoms with van der Waals surface area (Å²) in [5.74, 6) is -2.18. The first-order valence-electron chi connectivity index (χ1n) is 4.62. The third-order valence-corrected chi connectivity index (χ3v) is 2.20. The molecule has 0 aliphatic heterocycles. The minimum Gasteiger partial charge on any atom is -0.335 e. The summed E-state index contributed by atoms with van der Waals surface area (Å²) in [6.45, 7) is 0. The van der Waals surface area contributed by atoms with Crippen molar-refractivity contribution in [2.75, 3.05) is 0 Å². The van der Waals surface area contributed by atoms with Crippen molar-refractivity contribution in [2.45, 2.75) is 0 Å². The highest BCUT2D eigenvalue weighted by atomic mass is 19.2. The van der Waals surface area contributed by atoms with E-state index in [0.717, 1.165) is 6.07 Å². The van der Waals surface area contributed by atoms with Gasteiger partial charge in [-0.3, -0.25) is 9.59 Å². The van der Waals surface area contributed by atoms with E-state index in [2.05, 4.69) is 9.97 Å². The number of carbonyl (C=O) groups excluding carboxylic acids is 2. The maximum atomic E-state index is 13.4. The van der Waals surface area contributed by atoms with Crippen LogP contribution in [-0.2, 0) is 0 Å². The number of imidazole rings is 1. The summed E-state index contributed by atoms with van der Waals surface area (Å²) in [4.78, 5) is 27.3. The molecule has 1 aromatic carbocycles. The SMILES string of the molecule is O=Cc1nc(-c2cccc(F)c2F)[nH]c1C=O. The zero-order valence-corrected chi connectivity index (χ0v) is 8.41. The van der Waals surface area contributed by atoms with Crippen molar-refractivity contribution >= 4 is 12.6 Å². The maximum Gasteiger partial charge on any atom is 0.170 e. The van der Waals surface area contributed by atoms with Gasteiger partial charge in [0.2, 0.25) is 0 Å². The van der Waals surface area contributed by atoms with E-state index in [1.807, 2.05) is 0 Å². The molecule has 1 heterocycles. The molecule has 0 radical (unpaired) electrons. The van der Waals surface area contributed by atoms with E-state index in [1.54, 1.807) is 0 Å². The molecule has 2 aromatic rings. The van der Waals surface area contributed by atoms with Crippen LogP contribution in [0.15, 0.2) is 18.2 Å². The fourth-order valence-electron chi connectivity index (χ4n) is 1.39. The number of H-pyrrole nitrogens is 1. The molecule has 6 heteroatoms. The zero-order chi connectivity index (χ0) is 12.4. The second-order valence-electron chi connectivity index (χ2n) is 3.22. The predicted molar refractivity (Wildman–Crippen MR) is 54.7 cm³/mol. The number of aromatic nitrogens is 2. The van der Waals surface area contributed by atoms with E-state index >= 15 is 0 Å². The molecule has 0 aliphatic rings. The Kier molecular flexibility index (Phi) is 2.78. The summed E-state index contributed by atoms with van der Waals surface area (Å²) in [7, 11) is 0. The minimum atomic E-state index is -1.09. The molecule has 2 rings (SSSR count). The van der Waals surface area contributed by atoms with Crippen molar-refractivity contribution in [1.29, 1.82) is 0 Å². The maximum absolute atomic E-state index is 13.4. The largest absolute Gasteiger partial charge is 0.335 e. The van der Waals surface area contributed by atoms with Gasteiger partial charge in [-0.05, 0) is 12.1 Å².